The second-order valence-corrected chi connectivity index (χ2v) is 11.1. The Morgan fingerprint density at radius 3 is 2.11 bits per heavy atom. The van der Waals surface area contributed by atoms with Gasteiger partial charge in [-0.3, -0.25) is 24.5 Å². The van der Waals surface area contributed by atoms with Crippen molar-refractivity contribution in [2.45, 2.75) is 12.8 Å². The molecule has 0 spiro atoms. The summed E-state index contributed by atoms with van der Waals surface area (Å²) in [5.41, 5.74) is 2.23. The van der Waals surface area contributed by atoms with Gasteiger partial charge in [-0.1, -0.05) is 0 Å². The van der Waals surface area contributed by atoms with E-state index in [0.29, 0.717) is 86.2 Å². The summed E-state index contributed by atoms with van der Waals surface area (Å²) in [6, 6.07) is 15.8. The average Bonchev–Trinajstić information content (AvgIpc) is 3.51. The van der Waals surface area contributed by atoms with Crippen LogP contribution in [0.25, 0.3) is 0 Å². The topological polar surface area (TPSA) is 147 Å². The van der Waals surface area contributed by atoms with Crippen LogP contribution in [0.15, 0.2) is 60.7 Å². The fourth-order valence-electron chi connectivity index (χ4n) is 5.72. The molecule has 0 bridgehead atoms. The molecular formula is C33H38N6O7. The Morgan fingerprint density at radius 2 is 1.39 bits per heavy atom. The summed E-state index contributed by atoms with van der Waals surface area (Å²) in [5, 5.41) is 17.3. The maximum Gasteiger partial charge on any atom is 0.269 e. The average molecular weight is 631 g/mol. The first kappa shape index (κ1) is 32.2. The van der Waals surface area contributed by atoms with Crippen LogP contribution in [0.4, 0.5) is 17.1 Å². The highest BCUT2D eigenvalue weighted by Gasteiger charge is 2.25. The molecular weight excluding hydrogens is 592 g/mol. The Kier molecular flexibility index (Phi) is 10.3. The molecule has 2 aliphatic heterocycles. The molecule has 3 aromatic carbocycles. The standard InChI is InChI=1S/C33H38N6O7/c1-45-29-12-8-25(22-30(29)46-2)33(42)38-17-4-16-36(19-20-38)28-11-7-24(32(41)37-15-3-13-34-14-18-37)21-27(28)35-31(40)23-5-9-26(10-6-23)39(43)44/h5-12,21-22,34H,3-4,13-20H2,1-2H3,(H,35,40). The summed E-state index contributed by atoms with van der Waals surface area (Å²) in [6.45, 7) is 4.85. The SMILES string of the molecule is COc1ccc(C(=O)N2CCCN(c3ccc(C(=O)N4CCCNCC4)cc3NC(=O)c3ccc([N+](=O)[O-])cc3)CC2)cc1OC. The van der Waals surface area contributed by atoms with E-state index in [1.807, 2.05) is 6.07 Å². The number of nitrogens with zero attached hydrogens (tertiary/aromatic N) is 4. The van der Waals surface area contributed by atoms with E-state index in [1.54, 1.807) is 47.2 Å². The maximum absolute atomic E-state index is 13.5. The van der Waals surface area contributed by atoms with Gasteiger partial charge in [0.2, 0.25) is 0 Å². The quantitative estimate of drug-likeness (QED) is 0.281. The number of benzene rings is 3. The summed E-state index contributed by atoms with van der Waals surface area (Å²) < 4.78 is 10.7. The van der Waals surface area contributed by atoms with E-state index in [1.165, 1.54) is 31.4 Å². The van der Waals surface area contributed by atoms with E-state index >= 15 is 0 Å². The predicted molar refractivity (Wildman–Crippen MR) is 173 cm³/mol. The molecule has 2 N–H and O–H groups in total. The maximum atomic E-state index is 13.5. The smallest absolute Gasteiger partial charge is 0.269 e. The molecule has 0 aliphatic carbocycles. The summed E-state index contributed by atoms with van der Waals surface area (Å²) >= 11 is 0. The molecule has 2 aliphatic rings. The molecule has 0 aromatic heterocycles. The highest BCUT2D eigenvalue weighted by atomic mass is 16.6. The molecule has 46 heavy (non-hydrogen) atoms. The van der Waals surface area contributed by atoms with E-state index < -0.39 is 10.8 Å². The number of nitro benzene ring substituents is 1. The van der Waals surface area contributed by atoms with Crippen molar-refractivity contribution in [3.8, 4) is 11.5 Å². The van der Waals surface area contributed by atoms with Crippen LogP contribution in [0.3, 0.4) is 0 Å². The fraction of sp³-hybridized carbons (Fsp3) is 0.364. The van der Waals surface area contributed by atoms with Gasteiger partial charge in [-0.05, 0) is 67.9 Å². The fourth-order valence-corrected chi connectivity index (χ4v) is 5.72. The van der Waals surface area contributed by atoms with Gasteiger partial charge in [0, 0.05) is 74.6 Å². The molecule has 0 unspecified atom stereocenters. The first-order valence-corrected chi connectivity index (χ1v) is 15.2. The number of carbonyl (C=O) groups is 3. The highest BCUT2D eigenvalue weighted by molar-refractivity contribution is 6.07. The zero-order valence-electron chi connectivity index (χ0n) is 26.0. The molecule has 242 valence electrons. The van der Waals surface area contributed by atoms with Gasteiger partial charge in [0.15, 0.2) is 11.5 Å². The zero-order chi connectivity index (χ0) is 32.6. The Bertz CT molecular complexity index is 1590. The summed E-state index contributed by atoms with van der Waals surface area (Å²) in [4.78, 5) is 56.6. The molecule has 3 amide bonds. The summed E-state index contributed by atoms with van der Waals surface area (Å²) in [7, 11) is 3.07. The van der Waals surface area contributed by atoms with Crippen LogP contribution in [0.5, 0.6) is 11.5 Å². The third-order valence-electron chi connectivity index (χ3n) is 8.21. The number of carbonyl (C=O) groups excluding carboxylic acids is 3. The number of anilines is 2. The molecule has 2 fully saturated rings. The minimum atomic E-state index is -0.522. The molecule has 2 heterocycles. The zero-order valence-corrected chi connectivity index (χ0v) is 26.0. The van der Waals surface area contributed by atoms with Crippen molar-refractivity contribution in [2.24, 2.45) is 0 Å². The monoisotopic (exact) mass is 630 g/mol. The van der Waals surface area contributed by atoms with Crippen LogP contribution in [0.2, 0.25) is 0 Å². The number of nitro groups is 1. The van der Waals surface area contributed by atoms with Crippen molar-refractivity contribution in [1.82, 2.24) is 15.1 Å². The normalized spacial score (nSPS) is 15.4. The number of hydrogen-bond acceptors (Lipinski definition) is 9. The van der Waals surface area contributed by atoms with E-state index in [4.69, 9.17) is 9.47 Å². The number of hydrogen-bond donors (Lipinski definition) is 2. The molecule has 0 saturated carbocycles. The van der Waals surface area contributed by atoms with Crippen molar-refractivity contribution >= 4 is 34.8 Å². The first-order chi connectivity index (χ1) is 22.3. The third kappa shape index (κ3) is 7.37. The predicted octanol–water partition coefficient (Wildman–Crippen LogP) is 3.65. The van der Waals surface area contributed by atoms with Crippen molar-refractivity contribution < 1.29 is 28.8 Å². The van der Waals surface area contributed by atoms with Gasteiger partial charge in [0.1, 0.15) is 0 Å². The largest absolute Gasteiger partial charge is 0.493 e. The molecule has 2 saturated heterocycles. The molecule has 13 heteroatoms. The van der Waals surface area contributed by atoms with Gasteiger partial charge >= 0.3 is 0 Å². The van der Waals surface area contributed by atoms with Crippen LogP contribution in [-0.4, -0.2) is 99.0 Å². The van der Waals surface area contributed by atoms with Crippen LogP contribution in [0, 0.1) is 10.1 Å². The minimum Gasteiger partial charge on any atom is -0.493 e. The van der Waals surface area contributed by atoms with Gasteiger partial charge in [-0.2, -0.15) is 0 Å². The number of nitrogens with one attached hydrogen (secondary N) is 2. The number of methoxy groups -OCH3 is 2. The third-order valence-corrected chi connectivity index (χ3v) is 8.21. The van der Waals surface area contributed by atoms with E-state index in [0.717, 1.165) is 13.0 Å². The van der Waals surface area contributed by atoms with Crippen LogP contribution in [0.1, 0.15) is 43.9 Å². The van der Waals surface area contributed by atoms with E-state index in [9.17, 15) is 24.5 Å². The number of rotatable bonds is 8. The summed E-state index contributed by atoms with van der Waals surface area (Å²) in [6.07, 6.45) is 1.52. The lowest BCUT2D eigenvalue weighted by Gasteiger charge is -2.27. The molecule has 5 rings (SSSR count). The first-order valence-electron chi connectivity index (χ1n) is 15.2. The second-order valence-electron chi connectivity index (χ2n) is 11.1. The van der Waals surface area contributed by atoms with Gasteiger partial charge in [-0.25, -0.2) is 0 Å². The molecule has 0 radical (unpaired) electrons. The Morgan fingerprint density at radius 1 is 0.739 bits per heavy atom. The second kappa shape index (κ2) is 14.7. The van der Waals surface area contributed by atoms with Crippen LogP contribution < -0.4 is 25.0 Å². The van der Waals surface area contributed by atoms with Gasteiger partial charge < -0.3 is 34.8 Å². The lowest BCUT2D eigenvalue weighted by atomic mass is 10.1. The molecule has 0 atom stereocenters. The van der Waals surface area contributed by atoms with Crippen LogP contribution >= 0.6 is 0 Å². The summed E-state index contributed by atoms with van der Waals surface area (Å²) in [5.74, 6) is 0.314. The Labute approximate surface area is 267 Å². The van der Waals surface area contributed by atoms with Crippen LogP contribution in [-0.2, 0) is 0 Å². The minimum absolute atomic E-state index is 0.117. The van der Waals surface area contributed by atoms with Crippen molar-refractivity contribution in [3.63, 3.8) is 0 Å². The Balaban J connectivity index is 1.39. The Hall–Kier alpha value is -5.17. The van der Waals surface area contributed by atoms with Gasteiger partial charge in [0.05, 0.1) is 30.5 Å². The van der Waals surface area contributed by atoms with Gasteiger partial charge in [-0.15, -0.1) is 0 Å². The number of amides is 3. The van der Waals surface area contributed by atoms with Gasteiger partial charge in [0.25, 0.3) is 23.4 Å². The highest BCUT2D eigenvalue weighted by Crippen LogP contribution is 2.31. The van der Waals surface area contributed by atoms with Crippen molar-refractivity contribution in [2.75, 3.05) is 76.8 Å². The number of non-ortho nitro benzene ring substituents is 1. The molecule has 13 nitrogen and oxygen atoms in total. The lowest BCUT2D eigenvalue weighted by Crippen LogP contribution is -2.35. The van der Waals surface area contributed by atoms with E-state index in [-0.39, 0.29) is 23.1 Å². The number of ether oxygens (including phenoxy) is 2. The lowest BCUT2D eigenvalue weighted by molar-refractivity contribution is -0.384. The van der Waals surface area contributed by atoms with Crippen molar-refractivity contribution in [3.05, 3.63) is 87.5 Å². The van der Waals surface area contributed by atoms with E-state index in [2.05, 4.69) is 15.5 Å². The van der Waals surface area contributed by atoms with Crippen molar-refractivity contribution in [1.29, 1.82) is 0 Å². The molecule has 3 aromatic rings.